The summed E-state index contributed by atoms with van der Waals surface area (Å²) in [4.78, 5) is 12.5. The first-order valence-electron chi connectivity index (χ1n) is 9.32. The summed E-state index contributed by atoms with van der Waals surface area (Å²) in [6.45, 7) is 1.76. The lowest BCUT2D eigenvalue weighted by Crippen LogP contribution is -2.25. The fraction of sp³-hybridized carbons (Fsp3) is 0.217. The molecule has 1 atom stereocenters. The number of allylic oxidation sites excluding steroid dienone is 2. The van der Waals surface area contributed by atoms with Gasteiger partial charge in [0.25, 0.3) is 0 Å². The average Bonchev–Trinajstić information content (AvgIpc) is 2.77. The molecule has 1 aliphatic rings. The van der Waals surface area contributed by atoms with Crippen LogP contribution in [-0.4, -0.2) is 20.2 Å². The van der Waals surface area contributed by atoms with Crippen molar-refractivity contribution in [3.63, 3.8) is 0 Å². The first-order chi connectivity index (χ1) is 14.9. The van der Waals surface area contributed by atoms with Gasteiger partial charge in [0.15, 0.2) is 0 Å². The molecule has 31 heavy (non-hydrogen) atoms. The number of carbonyl (C=O) groups excluding carboxylic acids is 1. The number of benzene rings is 2. The molecule has 0 spiro atoms. The monoisotopic (exact) mass is 440 g/mol. The molecule has 0 amide bonds. The van der Waals surface area contributed by atoms with Crippen molar-refractivity contribution in [2.24, 2.45) is 5.73 Å². The standard InChI is InChI=1S/C23H21ClN2O5/c1-13-20(23(27)29-3)21(16(11-25)22(26)31-13)14-8-9-18(28-2)15(10-14)12-30-19-7-5-4-6-17(19)24/h4-10,21H,12,26H2,1-3H3/t21-/m1/s1. The largest absolute Gasteiger partial charge is 0.496 e. The highest BCUT2D eigenvalue weighted by Gasteiger charge is 2.36. The second kappa shape index (κ2) is 9.45. The van der Waals surface area contributed by atoms with Gasteiger partial charge in [0.1, 0.15) is 35.5 Å². The van der Waals surface area contributed by atoms with E-state index in [0.717, 1.165) is 0 Å². The van der Waals surface area contributed by atoms with Crippen LogP contribution in [0.15, 0.2) is 65.3 Å². The van der Waals surface area contributed by atoms with Gasteiger partial charge in [0, 0.05) is 5.56 Å². The normalized spacial score (nSPS) is 15.8. The molecule has 0 saturated carbocycles. The van der Waals surface area contributed by atoms with Gasteiger partial charge in [-0.15, -0.1) is 0 Å². The average molecular weight is 441 g/mol. The van der Waals surface area contributed by atoms with Gasteiger partial charge >= 0.3 is 5.97 Å². The van der Waals surface area contributed by atoms with E-state index in [4.69, 9.17) is 36.3 Å². The summed E-state index contributed by atoms with van der Waals surface area (Å²) < 4.78 is 21.7. The minimum Gasteiger partial charge on any atom is -0.496 e. The Morgan fingerprint density at radius 1 is 1.23 bits per heavy atom. The third-order valence-electron chi connectivity index (χ3n) is 4.87. The Bertz CT molecular complexity index is 1120. The second-order valence-corrected chi connectivity index (χ2v) is 7.08. The molecule has 0 radical (unpaired) electrons. The highest BCUT2D eigenvalue weighted by molar-refractivity contribution is 6.32. The maximum atomic E-state index is 12.5. The molecule has 0 aliphatic carbocycles. The van der Waals surface area contributed by atoms with Crippen molar-refractivity contribution in [1.29, 1.82) is 5.26 Å². The zero-order valence-corrected chi connectivity index (χ0v) is 18.0. The van der Waals surface area contributed by atoms with Crippen LogP contribution in [0.2, 0.25) is 5.02 Å². The maximum absolute atomic E-state index is 12.5. The third-order valence-corrected chi connectivity index (χ3v) is 5.18. The smallest absolute Gasteiger partial charge is 0.338 e. The Morgan fingerprint density at radius 3 is 2.61 bits per heavy atom. The van der Waals surface area contributed by atoms with Crippen molar-refractivity contribution in [3.8, 4) is 17.6 Å². The predicted molar refractivity (Wildman–Crippen MR) is 114 cm³/mol. The number of esters is 1. The number of hydrogen-bond acceptors (Lipinski definition) is 7. The van der Waals surface area contributed by atoms with E-state index in [-0.39, 0.29) is 29.4 Å². The maximum Gasteiger partial charge on any atom is 0.338 e. The van der Waals surface area contributed by atoms with Crippen LogP contribution >= 0.6 is 11.6 Å². The molecule has 0 bridgehead atoms. The molecule has 8 heteroatoms. The van der Waals surface area contributed by atoms with Crippen LogP contribution in [0.5, 0.6) is 11.5 Å². The zero-order valence-electron chi connectivity index (χ0n) is 17.3. The lowest BCUT2D eigenvalue weighted by Gasteiger charge is -2.27. The van der Waals surface area contributed by atoms with Crippen molar-refractivity contribution < 1.29 is 23.7 Å². The fourth-order valence-corrected chi connectivity index (χ4v) is 3.59. The van der Waals surface area contributed by atoms with E-state index in [2.05, 4.69) is 6.07 Å². The summed E-state index contributed by atoms with van der Waals surface area (Å²) in [6.07, 6.45) is 0. The van der Waals surface area contributed by atoms with Crippen molar-refractivity contribution in [3.05, 3.63) is 81.4 Å². The Morgan fingerprint density at radius 2 is 1.97 bits per heavy atom. The van der Waals surface area contributed by atoms with E-state index in [1.807, 2.05) is 12.1 Å². The van der Waals surface area contributed by atoms with E-state index in [1.54, 1.807) is 44.4 Å². The van der Waals surface area contributed by atoms with Crippen LogP contribution in [0.3, 0.4) is 0 Å². The zero-order chi connectivity index (χ0) is 22.5. The van der Waals surface area contributed by atoms with Crippen molar-refractivity contribution >= 4 is 17.6 Å². The molecule has 1 heterocycles. The van der Waals surface area contributed by atoms with Crippen LogP contribution in [0, 0.1) is 11.3 Å². The summed E-state index contributed by atoms with van der Waals surface area (Å²) in [5, 5.41) is 10.2. The van der Waals surface area contributed by atoms with Crippen LogP contribution in [0.1, 0.15) is 24.0 Å². The molecule has 2 aromatic rings. The van der Waals surface area contributed by atoms with Crippen LogP contribution < -0.4 is 15.2 Å². The van der Waals surface area contributed by atoms with Crippen molar-refractivity contribution in [1.82, 2.24) is 0 Å². The summed E-state index contributed by atoms with van der Waals surface area (Å²) in [5.74, 6) is -0.0295. The Kier molecular flexibility index (Phi) is 6.73. The molecule has 0 fully saturated rings. The molecule has 7 nitrogen and oxygen atoms in total. The van der Waals surface area contributed by atoms with E-state index in [1.165, 1.54) is 7.11 Å². The van der Waals surface area contributed by atoms with E-state index < -0.39 is 11.9 Å². The van der Waals surface area contributed by atoms with Crippen LogP contribution in [0.25, 0.3) is 0 Å². The number of ether oxygens (including phenoxy) is 4. The van der Waals surface area contributed by atoms with Gasteiger partial charge in [-0.3, -0.25) is 0 Å². The van der Waals surface area contributed by atoms with Crippen molar-refractivity contribution in [2.45, 2.75) is 19.4 Å². The van der Waals surface area contributed by atoms with E-state index >= 15 is 0 Å². The number of nitrogens with zero attached hydrogens (tertiary/aromatic N) is 1. The molecule has 0 aromatic heterocycles. The third kappa shape index (κ3) is 4.44. The number of halogens is 1. The molecule has 2 aromatic carbocycles. The quantitative estimate of drug-likeness (QED) is 0.672. The van der Waals surface area contributed by atoms with Gasteiger partial charge in [-0.25, -0.2) is 4.79 Å². The molecule has 2 N–H and O–H groups in total. The van der Waals surface area contributed by atoms with Crippen LogP contribution in [0.4, 0.5) is 0 Å². The molecular weight excluding hydrogens is 420 g/mol. The number of hydrogen-bond donors (Lipinski definition) is 1. The van der Waals surface area contributed by atoms with E-state index in [9.17, 15) is 10.1 Å². The second-order valence-electron chi connectivity index (χ2n) is 6.68. The number of para-hydroxylation sites is 1. The number of rotatable bonds is 6. The van der Waals surface area contributed by atoms with Crippen molar-refractivity contribution in [2.75, 3.05) is 14.2 Å². The number of methoxy groups -OCH3 is 2. The number of nitriles is 1. The first kappa shape index (κ1) is 22.1. The molecule has 3 rings (SSSR count). The number of nitrogens with two attached hydrogens (primary N) is 1. The summed E-state index contributed by atoms with van der Waals surface area (Å²) >= 11 is 6.17. The lowest BCUT2D eigenvalue weighted by atomic mass is 9.82. The molecular formula is C23H21ClN2O5. The minimum absolute atomic E-state index is 0.0534. The highest BCUT2D eigenvalue weighted by atomic mass is 35.5. The summed E-state index contributed by atoms with van der Waals surface area (Å²) in [5.41, 5.74) is 7.60. The summed E-state index contributed by atoms with van der Waals surface area (Å²) in [6, 6.07) is 14.5. The predicted octanol–water partition coefficient (Wildman–Crippen LogP) is 4.18. The Labute approximate surface area is 185 Å². The highest BCUT2D eigenvalue weighted by Crippen LogP contribution is 2.40. The molecule has 1 aliphatic heterocycles. The van der Waals surface area contributed by atoms with Gasteiger partial charge in [-0.1, -0.05) is 29.8 Å². The van der Waals surface area contributed by atoms with Gasteiger partial charge in [-0.2, -0.15) is 5.26 Å². The van der Waals surface area contributed by atoms with Gasteiger partial charge in [-0.05, 0) is 36.8 Å². The van der Waals surface area contributed by atoms with Gasteiger partial charge in [0.05, 0.1) is 30.7 Å². The number of carbonyl (C=O) groups is 1. The van der Waals surface area contributed by atoms with Gasteiger partial charge < -0.3 is 24.7 Å². The Balaban J connectivity index is 2.05. The minimum atomic E-state index is -0.754. The molecule has 0 saturated heterocycles. The Hall–Kier alpha value is -3.63. The molecule has 0 unspecified atom stereocenters. The lowest BCUT2D eigenvalue weighted by molar-refractivity contribution is -0.136. The SMILES string of the molecule is COC(=O)C1=C(C)OC(N)=C(C#N)[C@H]1c1ccc(OC)c(COc2ccccc2Cl)c1. The fourth-order valence-electron chi connectivity index (χ4n) is 3.40. The van der Waals surface area contributed by atoms with Crippen LogP contribution in [-0.2, 0) is 20.9 Å². The molecule has 160 valence electrons. The van der Waals surface area contributed by atoms with Gasteiger partial charge in [0.2, 0.25) is 5.88 Å². The van der Waals surface area contributed by atoms with E-state index in [0.29, 0.717) is 27.6 Å². The first-order valence-corrected chi connectivity index (χ1v) is 9.69. The summed E-state index contributed by atoms with van der Waals surface area (Å²) in [7, 11) is 2.81. The topological polar surface area (TPSA) is 104 Å².